The summed E-state index contributed by atoms with van der Waals surface area (Å²) in [6.07, 6.45) is 7.79. The van der Waals surface area contributed by atoms with Gasteiger partial charge in [-0.15, -0.1) is 22.7 Å². The molecule has 0 aliphatic carbocycles. The zero-order valence-electron chi connectivity index (χ0n) is 34.9. The summed E-state index contributed by atoms with van der Waals surface area (Å²) in [4.78, 5) is 9.16. The van der Waals surface area contributed by atoms with Crippen LogP contribution in [0, 0.1) is 0 Å². The number of aromatic nitrogens is 4. The molecule has 0 saturated heterocycles. The van der Waals surface area contributed by atoms with Gasteiger partial charge < -0.3 is 9.13 Å². The Bertz CT molecular complexity index is 3820. The first-order valence-electron chi connectivity index (χ1n) is 22.0. The van der Waals surface area contributed by atoms with Crippen LogP contribution >= 0.6 is 22.7 Å². The Labute approximate surface area is 382 Å². The highest BCUT2D eigenvalue weighted by molar-refractivity contribution is 7.33. The first-order valence-corrected chi connectivity index (χ1v) is 25.6. The number of fused-ring (bicyclic) bond motifs is 12. The molecule has 14 aromatic rings. The molecule has 0 N–H and O–H groups in total. The maximum absolute atomic E-state index is 4.58. The highest BCUT2D eigenvalue weighted by atomic mass is 32.1. The lowest BCUT2D eigenvalue weighted by atomic mass is 10.1. The first kappa shape index (κ1) is 36.8. The van der Waals surface area contributed by atoms with E-state index in [1.54, 1.807) is 0 Å². The molecule has 0 radical (unpaired) electrons. The lowest BCUT2D eigenvalue weighted by Gasteiger charge is -2.35. The van der Waals surface area contributed by atoms with Gasteiger partial charge in [-0.05, 0) is 81.4 Å². The van der Waals surface area contributed by atoms with Crippen molar-refractivity contribution in [3.05, 3.63) is 219 Å². The molecule has 7 heteroatoms. The fraction of sp³-hybridized carbons (Fsp3) is 0. The quantitative estimate of drug-likeness (QED) is 0.123. The molecule has 6 heterocycles. The van der Waals surface area contributed by atoms with Crippen LogP contribution in [0.5, 0.6) is 0 Å². The summed E-state index contributed by atoms with van der Waals surface area (Å²) in [5, 5.41) is 15.6. The first-order chi connectivity index (χ1) is 32.3. The predicted octanol–water partition coefficient (Wildman–Crippen LogP) is 12.8. The highest BCUT2D eigenvalue weighted by Gasteiger charge is 2.44. The van der Waals surface area contributed by atoms with Gasteiger partial charge in [-0.3, -0.25) is 9.97 Å². The minimum atomic E-state index is -3.04. The van der Waals surface area contributed by atoms with Gasteiger partial charge in [-0.2, -0.15) is 0 Å². The molecule has 0 spiro atoms. The number of hydrogen-bond donors (Lipinski definition) is 0. The second-order valence-electron chi connectivity index (χ2n) is 16.9. The molecular formula is C58H36N4S2Si. The van der Waals surface area contributed by atoms with Crippen molar-refractivity contribution in [1.29, 1.82) is 0 Å². The predicted molar refractivity (Wildman–Crippen MR) is 280 cm³/mol. The maximum Gasteiger partial charge on any atom is 0.182 e. The lowest BCUT2D eigenvalue weighted by molar-refractivity contribution is 1.17. The zero-order chi connectivity index (χ0) is 42.6. The van der Waals surface area contributed by atoms with E-state index in [1.165, 1.54) is 93.7 Å². The minimum absolute atomic E-state index is 1.11. The van der Waals surface area contributed by atoms with Crippen molar-refractivity contribution < 1.29 is 0 Å². The van der Waals surface area contributed by atoms with E-state index in [0.717, 1.165) is 22.4 Å². The molecule has 0 atom stereocenters. The summed E-state index contributed by atoms with van der Waals surface area (Å²) in [6.45, 7) is 0. The fourth-order valence-corrected chi connectivity index (χ4v) is 19.3. The monoisotopic (exact) mass is 880 g/mol. The molecular weight excluding hydrogens is 845 g/mol. The molecule has 0 amide bonds. The molecule has 0 aliphatic rings. The van der Waals surface area contributed by atoms with Crippen molar-refractivity contribution in [2.45, 2.75) is 0 Å². The van der Waals surface area contributed by atoms with E-state index in [4.69, 9.17) is 0 Å². The molecule has 0 fully saturated rings. The van der Waals surface area contributed by atoms with Gasteiger partial charge in [0.1, 0.15) is 0 Å². The Balaban J connectivity index is 1.04. The average molecular weight is 881 g/mol. The number of benzene rings is 8. The van der Waals surface area contributed by atoms with Crippen molar-refractivity contribution in [3.63, 3.8) is 0 Å². The molecule has 304 valence electrons. The molecule has 0 saturated carbocycles. The second-order valence-corrected chi connectivity index (χ2v) is 22.7. The van der Waals surface area contributed by atoms with Crippen molar-refractivity contribution in [3.8, 4) is 11.4 Å². The molecule has 6 aromatic heterocycles. The normalized spacial score (nSPS) is 12.3. The van der Waals surface area contributed by atoms with E-state index in [-0.39, 0.29) is 0 Å². The van der Waals surface area contributed by atoms with Crippen LogP contribution in [0.1, 0.15) is 0 Å². The van der Waals surface area contributed by atoms with E-state index in [2.05, 4.69) is 213 Å². The molecule has 8 aromatic carbocycles. The van der Waals surface area contributed by atoms with Crippen LogP contribution in [-0.2, 0) is 0 Å². The van der Waals surface area contributed by atoms with Gasteiger partial charge >= 0.3 is 0 Å². The largest absolute Gasteiger partial charge is 0.308 e. The summed E-state index contributed by atoms with van der Waals surface area (Å²) in [7, 11) is -3.04. The van der Waals surface area contributed by atoms with Crippen LogP contribution in [0.4, 0.5) is 0 Å². The summed E-state index contributed by atoms with van der Waals surface area (Å²) in [6, 6.07) is 72.7. The van der Waals surface area contributed by atoms with Gasteiger partial charge in [-0.1, -0.05) is 133 Å². The molecule has 14 rings (SSSR count). The molecule has 0 bridgehead atoms. The van der Waals surface area contributed by atoms with Gasteiger partial charge in [0.05, 0.1) is 34.5 Å². The standard InChI is InChI=1S/C58H36N4S2Si/c1-3-13-39(14-4-1)65(40-15-5-2-6-16-40,55-23-11-19-45-47-33-37(25-27-53(47)63-57(45)55)61-49-21-9-7-17-41(49)43-29-31-59-35-51(43)61)56-24-12-20-46-48-34-38(26-28-54(48)64-58(46)56)62-50-22-10-8-18-42(50)44-30-32-60-36-52(44)62/h1-36H. The van der Waals surface area contributed by atoms with Crippen molar-refractivity contribution in [2.75, 3.05) is 0 Å². The van der Waals surface area contributed by atoms with Gasteiger partial charge in [0, 0.05) is 85.7 Å². The third-order valence-electron chi connectivity index (χ3n) is 13.7. The minimum Gasteiger partial charge on any atom is -0.308 e. The number of thiophene rings is 2. The third-order valence-corrected chi connectivity index (χ3v) is 21.3. The fourth-order valence-electron chi connectivity index (χ4n) is 10.9. The van der Waals surface area contributed by atoms with E-state index in [1.807, 2.05) is 47.5 Å². The van der Waals surface area contributed by atoms with Crippen LogP contribution in [0.3, 0.4) is 0 Å². The average Bonchev–Trinajstić information content (AvgIpc) is 4.13. The third kappa shape index (κ3) is 5.23. The summed E-state index contributed by atoms with van der Waals surface area (Å²) in [5.74, 6) is 0. The van der Waals surface area contributed by atoms with Crippen LogP contribution in [0.2, 0.25) is 0 Å². The Kier molecular flexibility index (Phi) is 8.01. The molecule has 0 aliphatic heterocycles. The molecule has 0 unspecified atom stereocenters. The summed E-state index contributed by atoms with van der Waals surface area (Å²) < 4.78 is 10.0. The molecule has 65 heavy (non-hydrogen) atoms. The second kappa shape index (κ2) is 14.2. The zero-order valence-corrected chi connectivity index (χ0v) is 37.5. The summed E-state index contributed by atoms with van der Waals surface area (Å²) in [5.41, 5.74) is 6.88. The number of pyridine rings is 2. The SMILES string of the molecule is c1ccc([Si](c2ccccc2)(c2cccc3c2sc2ccc(-n4c5ccccc5c5ccncc54)cc23)c2cccc3c2sc2ccc(-n4c5ccccc5c5ccncc54)cc23)cc1. The van der Waals surface area contributed by atoms with Gasteiger partial charge in [-0.25, -0.2) is 0 Å². The van der Waals surface area contributed by atoms with Gasteiger partial charge in [0.15, 0.2) is 8.07 Å². The van der Waals surface area contributed by atoms with E-state index >= 15 is 0 Å². The van der Waals surface area contributed by atoms with Crippen molar-refractivity contribution >= 4 is 135 Å². The number of para-hydroxylation sites is 2. The number of nitrogens with zero attached hydrogens (tertiary/aromatic N) is 4. The highest BCUT2D eigenvalue weighted by Crippen LogP contribution is 2.41. The van der Waals surface area contributed by atoms with Crippen molar-refractivity contribution in [2.24, 2.45) is 0 Å². The number of hydrogen-bond acceptors (Lipinski definition) is 4. The Hall–Kier alpha value is -7.68. The van der Waals surface area contributed by atoms with Crippen LogP contribution in [0.25, 0.3) is 95.3 Å². The smallest absolute Gasteiger partial charge is 0.182 e. The van der Waals surface area contributed by atoms with Gasteiger partial charge in [0.25, 0.3) is 0 Å². The summed E-state index contributed by atoms with van der Waals surface area (Å²) >= 11 is 3.87. The molecule has 4 nitrogen and oxygen atoms in total. The number of rotatable bonds is 6. The van der Waals surface area contributed by atoms with Gasteiger partial charge in [0.2, 0.25) is 0 Å². The van der Waals surface area contributed by atoms with E-state index < -0.39 is 8.07 Å². The maximum atomic E-state index is 4.58. The lowest BCUT2D eigenvalue weighted by Crippen LogP contribution is -2.74. The van der Waals surface area contributed by atoms with Crippen LogP contribution < -0.4 is 20.7 Å². The Morgan fingerprint density at radius 2 is 0.754 bits per heavy atom. The van der Waals surface area contributed by atoms with E-state index in [9.17, 15) is 0 Å². The van der Waals surface area contributed by atoms with E-state index in [0.29, 0.717) is 0 Å². The van der Waals surface area contributed by atoms with Crippen molar-refractivity contribution in [1.82, 2.24) is 19.1 Å². The van der Waals surface area contributed by atoms with Crippen LogP contribution in [-0.4, -0.2) is 27.2 Å². The van der Waals surface area contributed by atoms with Crippen LogP contribution in [0.15, 0.2) is 219 Å². The Morgan fingerprint density at radius 1 is 0.338 bits per heavy atom. The Morgan fingerprint density at radius 3 is 1.23 bits per heavy atom. The topological polar surface area (TPSA) is 35.6 Å².